The first-order chi connectivity index (χ1) is 8.77. The monoisotopic (exact) mass is 285 g/mol. The van der Waals surface area contributed by atoms with Gasteiger partial charge in [0, 0.05) is 18.5 Å². The molecule has 0 aliphatic heterocycles. The summed E-state index contributed by atoms with van der Waals surface area (Å²) in [5.74, 6) is 0.527. The van der Waals surface area contributed by atoms with E-state index in [4.69, 9.17) is 23.2 Å². The molecular formula is C15H21Cl2N. The van der Waals surface area contributed by atoms with E-state index in [1.54, 1.807) is 0 Å². The van der Waals surface area contributed by atoms with Gasteiger partial charge in [-0.05, 0) is 31.4 Å². The highest BCUT2D eigenvalue weighted by Crippen LogP contribution is 2.35. The Balaban J connectivity index is 2.31. The molecule has 1 aliphatic rings. The fraction of sp³-hybridized carbons (Fsp3) is 0.600. The molecular weight excluding hydrogens is 265 g/mol. The topological polar surface area (TPSA) is 3.24 Å². The molecule has 0 amide bonds. The molecule has 0 unspecified atom stereocenters. The van der Waals surface area contributed by atoms with Crippen LogP contribution in [0.5, 0.6) is 0 Å². The van der Waals surface area contributed by atoms with Gasteiger partial charge in [0.1, 0.15) is 0 Å². The highest BCUT2D eigenvalue weighted by atomic mass is 35.5. The number of hydrogen-bond acceptors (Lipinski definition) is 1. The van der Waals surface area contributed by atoms with Crippen LogP contribution in [0.1, 0.15) is 44.6 Å². The second-order valence-electron chi connectivity index (χ2n) is 4.96. The van der Waals surface area contributed by atoms with Crippen LogP contribution in [0.15, 0.2) is 18.2 Å². The molecule has 1 aliphatic carbocycles. The zero-order chi connectivity index (χ0) is 13.0. The summed E-state index contributed by atoms with van der Waals surface area (Å²) in [6, 6.07) is 6.67. The van der Waals surface area contributed by atoms with E-state index >= 15 is 0 Å². The van der Waals surface area contributed by atoms with Crippen LogP contribution in [0.2, 0.25) is 5.02 Å². The van der Waals surface area contributed by atoms with Crippen LogP contribution >= 0.6 is 23.2 Å². The van der Waals surface area contributed by atoms with Crippen molar-refractivity contribution in [3.8, 4) is 0 Å². The van der Waals surface area contributed by atoms with E-state index in [2.05, 4.69) is 17.9 Å². The van der Waals surface area contributed by atoms with Gasteiger partial charge in [-0.2, -0.15) is 0 Å². The van der Waals surface area contributed by atoms with Crippen LogP contribution in [-0.2, 0) is 5.88 Å². The number of benzene rings is 1. The van der Waals surface area contributed by atoms with Crippen molar-refractivity contribution in [1.82, 2.24) is 0 Å². The predicted molar refractivity (Wildman–Crippen MR) is 80.9 cm³/mol. The molecule has 0 aromatic heterocycles. The van der Waals surface area contributed by atoms with Crippen molar-refractivity contribution < 1.29 is 0 Å². The highest BCUT2D eigenvalue weighted by molar-refractivity contribution is 6.33. The number of rotatable bonds is 4. The van der Waals surface area contributed by atoms with E-state index in [0.29, 0.717) is 11.9 Å². The maximum absolute atomic E-state index is 6.40. The van der Waals surface area contributed by atoms with Gasteiger partial charge < -0.3 is 4.90 Å². The molecule has 18 heavy (non-hydrogen) atoms. The predicted octanol–water partition coefficient (Wildman–Crippen LogP) is 5.24. The zero-order valence-electron chi connectivity index (χ0n) is 11.0. The Kier molecular flexibility index (Phi) is 5.20. The van der Waals surface area contributed by atoms with Crippen molar-refractivity contribution in [3.63, 3.8) is 0 Å². The molecule has 1 fully saturated rings. The van der Waals surface area contributed by atoms with Crippen LogP contribution in [0.25, 0.3) is 0 Å². The van der Waals surface area contributed by atoms with Crippen LogP contribution in [0, 0.1) is 0 Å². The molecule has 1 saturated carbocycles. The molecule has 0 atom stereocenters. The van der Waals surface area contributed by atoms with Crippen molar-refractivity contribution in [2.45, 2.75) is 50.9 Å². The summed E-state index contributed by atoms with van der Waals surface area (Å²) < 4.78 is 0. The third-order valence-corrected chi connectivity index (χ3v) is 4.45. The van der Waals surface area contributed by atoms with Gasteiger partial charge in [0.25, 0.3) is 0 Å². The smallest absolute Gasteiger partial charge is 0.0642 e. The van der Waals surface area contributed by atoms with Gasteiger partial charge >= 0.3 is 0 Å². The average molecular weight is 286 g/mol. The molecule has 0 spiro atoms. The third kappa shape index (κ3) is 2.95. The SMILES string of the molecule is CCN(c1c(Cl)cccc1CCl)C1CCCCC1. The summed E-state index contributed by atoms with van der Waals surface area (Å²) in [5.41, 5.74) is 2.31. The average Bonchev–Trinajstić information content (AvgIpc) is 2.42. The van der Waals surface area contributed by atoms with Gasteiger partial charge in [0.05, 0.1) is 10.7 Å². The standard InChI is InChI=1S/C15H21Cl2N/c1-2-18(13-8-4-3-5-9-13)15-12(11-16)7-6-10-14(15)17/h6-7,10,13H,2-5,8-9,11H2,1H3. The normalized spacial score (nSPS) is 16.8. The minimum Gasteiger partial charge on any atom is -0.367 e. The summed E-state index contributed by atoms with van der Waals surface area (Å²) in [4.78, 5) is 2.46. The van der Waals surface area contributed by atoms with Gasteiger partial charge in [0.2, 0.25) is 0 Å². The number of alkyl halides is 1. The quantitative estimate of drug-likeness (QED) is 0.684. The molecule has 1 aromatic rings. The van der Waals surface area contributed by atoms with E-state index < -0.39 is 0 Å². The van der Waals surface area contributed by atoms with Crippen LogP contribution in [0.3, 0.4) is 0 Å². The van der Waals surface area contributed by atoms with Gasteiger partial charge in [-0.15, -0.1) is 11.6 Å². The summed E-state index contributed by atoms with van der Waals surface area (Å²) in [6.07, 6.45) is 6.60. The lowest BCUT2D eigenvalue weighted by molar-refractivity contribution is 0.418. The minimum absolute atomic E-state index is 0.527. The number of hydrogen-bond donors (Lipinski definition) is 0. The molecule has 0 saturated heterocycles. The Morgan fingerprint density at radius 2 is 1.94 bits per heavy atom. The first-order valence-electron chi connectivity index (χ1n) is 6.88. The summed E-state index contributed by atoms with van der Waals surface area (Å²) in [6.45, 7) is 3.20. The summed E-state index contributed by atoms with van der Waals surface area (Å²) in [5, 5.41) is 0.834. The van der Waals surface area contributed by atoms with Crippen molar-refractivity contribution >= 4 is 28.9 Å². The Labute approximate surface area is 120 Å². The van der Waals surface area contributed by atoms with E-state index in [0.717, 1.165) is 22.8 Å². The molecule has 3 heteroatoms. The third-order valence-electron chi connectivity index (χ3n) is 3.86. The second-order valence-corrected chi connectivity index (χ2v) is 5.63. The lowest BCUT2D eigenvalue weighted by Gasteiger charge is -2.37. The van der Waals surface area contributed by atoms with Crippen LogP contribution < -0.4 is 4.90 Å². The number of nitrogens with zero attached hydrogens (tertiary/aromatic N) is 1. The number of anilines is 1. The van der Waals surface area contributed by atoms with Crippen molar-refractivity contribution in [2.75, 3.05) is 11.4 Å². The Morgan fingerprint density at radius 1 is 1.22 bits per heavy atom. The summed E-state index contributed by atoms with van der Waals surface area (Å²) in [7, 11) is 0. The lowest BCUT2D eigenvalue weighted by Crippen LogP contribution is -2.37. The molecule has 0 bridgehead atoms. The molecule has 2 rings (SSSR count). The maximum Gasteiger partial charge on any atom is 0.0642 e. The van der Waals surface area contributed by atoms with E-state index in [1.165, 1.54) is 32.1 Å². The van der Waals surface area contributed by atoms with Crippen LogP contribution in [0.4, 0.5) is 5.69 Å². The summed E-state index contributed by atoms with van der Waals surface area (Å²) >= 11 is 12.5. The first kappa shape index (κ1) is 14.0. The fourth-order valence-corrected chi connectivity index (χ4v) is 3.50. The van der Waals surface area contributed by atoms with Crippen molar-refractivity contribution in [3.05, 3.63) is 28.8 Å². The van der Waals surface area contributed by atoms with Crippen LogP contribution in [-0.4, -0.2) is 12.6 Å². The van der Waals surface area contributed by atoms with Gasteiger partial charge in [-0.25, -0.2) is 0 Å². The Hall–Kier alpha value is -0.400. The largest absolute Gasteiger partial charge is 0.367 e. The molecule has 1 nitrogen and oxygen atoms in total. The molecule has 100 valence electrons. The number of para-hydroxylation sites is 1. The second kappa shape index (κ2) is 6.68. The van der Waals surface area contributed by atoms with Gasteiger partial charge in [0.15, 0.2) is 0 Å². The van der Waals surface area contributed by atoms with E-state index in [9.17, 15) is 0 Å². The lowest BCUT2D eigenvalue weighted by atomic mass is 9.93. The van der Waals surface area contributed by atoms with Gasteiger partial charge in [-0.1, -0.05) is 43.0 Å². The van der Waals surface area contributed by atoms with Gasteiger partial charge in [-0.3, -0.25) is 0 Å². The van der Waals surface area contributed by atoms with Crippen molar-refractivity contribution in [1.29, 1.82) is 0 Å². The van der Waals surface area contributed by atoms with E-state index in [1.807, 2.05) is 12.1 Å². The number of halogens is 2. The maximum atomic E-state index is 6.40. The Morgan fingerprint density at radius 3 is 2.56 bits per heavy atom. The Bertz CT molecular complexity index is 386. The zero-order valence-corrected chi connectivity index (χ0v) is 12.5. The fourth-order valence-electron chi connectivity index (χ4n) is 2.98. The molecule has 0 radical (unpaired) electrons. The first-order valence-corrected chi connectivity index (χ1v) is 7.79. The minimum atomic E-state index is 0.527. The molecule has 0 N–H and O–H groups in total. The van der Waals surface area contributed by atoms with Crippen molar-refractivity contribution in [2.24, 2.45) is 0 Å². The molecule has 1 aromatic carbocycles. The van der Waals surface area contributed by atoms with E-state index in [-0.39, 0.29) is 0 Å². The molecule has 0 heterocycles. The highest BCUT2D eigenvalue weighted by Gasteiger charge is 2.23.